The number of thioether (sulfide) groups is 1. The predicted octanol–water partition coefficient (Wildman–Crippen LogP) is 3.90. The Morgan fingerprint density at radius 3 is 2.39 bits per heavy atom. The fourth-order valence-electron chi connectivity index (χ4n) is 2.29. The summed E-state index contributed by atoms with van der Waals surface area (Å²) in [6.45, 7) is 2.12. The lowest BCUT2D eigenvalue weighted by Gasteiger charge is -2.18. The minimum Gasteiger partial charge on any atom is -0.337 e. The maximum Gasteiger partial charge on any atom is 0.272 e. The van der Waals surface area contributed by atoms with E-state index in [2.05, 4.69) is 0 Å². The molecule has 6 heteroatoms. The molecular formula is C17H18N2O3S. The van der Waals surface area contributed by atoms with Gasteiger partial charge in [-0.1, -0.05) is 12.1 Å². The number of hydrogen-bond donors (Lipinski definition) is 0. The van der Waals surface area contributed by atoms with Crippen molar-refractivity contribution in [3.8, 4) is 0 Å². The Kier molecular flexibility index (Phi) is 5.39. The van der Waals surface area contributed by atoms with Crippen LogP contribution in [0.15, 0.2) is 47.4 Å². The van der Waals surface area contributed by atoms with Crippen molar-refractivity contribution in [1.29, 1.82) is 0 Å². The number of benzene rings is 2. The summed E-state index contributed by atoms with van der Waals surface area (Å²) in [5, 5.41) is 10.8. The number of hydrogen-bond acceptors (Lipinski definition) is 4. The third-order valence-electron chi connectivity index (χ3n) is 3.57. The Morgan fingerprint density at radius 1 is 1.22 bits per heavy atom. The minimum absolute atomic E-state index is 0.0249. The number of amides is 1. The highest BCUT2D eigenvalue weighted by molar-refractivity contribution is 7.98. The van der Waals surface area contributed by atoms with E-state index in [1.165, 1.54) is 17.0 Å². The zero-order valence-corrected chi connectivity index (χ0v) is 14.1. The first-order valence-electron chi connectivity index (χ1n) is 7.06. The highest BCUT2D eigenvalue weighted by atomic mass is 32.2. The van der Waals surface area contributed by atoms with Gasteiger partial charge in [-0.05, 0) is 43.0 Å². The number of nitro groups is 1. The number of nitro benzene ring substituents is 1. The van der Waals surface area contributed by atoms with E-state index in [1.807, 2.05) is 30.5 Å². The molecule has 2 aromatic carbocycles. The van der Waals surface area contributed by atoms with Crippen molar-refractivity contribution in [2.45, 2.75) is 18.4 Å². The predicted molar refractivity (Wildman–Crippen MR) is 91.9 cm³/mol. The molecule has 0 aromatic heterocycles. The molecular weight excluding hydrogens is 312 g/mol. The largest absolute Gasteiger partial charge is 0.337 e. The highest BCUT2D eigenvalue weighted by Gasteiger charge is 2.16. The quantitative estimate of drug-likeness (QED) is 0.474. The Bertz CT molecular complexity index is 729. The molecule has 0 radical (unpaired) electrons. The molecule has 0 aliphatic rings. The van der Waals surface area contributed by atoms with Crippen molar-refractivity contribution < 1.29 is 9.72 Å². The summed E-state index contributed by atoms with van der Waals surface area (Å²) in [5.41, 5.74) is 2.00. The molecule has 23 heavy (non-hydrogen) atoms. The van der Waals surface area contributed by atoms with Crippen LogP contribution in [0.25, 0.3) is 0 Å². The number of rotatable bonds is 5. The van der Waals surface area contributed by atoms with Gasteiger partial charge in [-0.3, -0.25) is 14.9 Å². The summed E-state index contributed by atoms with van der Waals surface area (Å²) < 4.78 is 0. The zero-order chi connectivity index (χ0) is 17.0. The number of carbonyl (C=O) groups excluding carboxylic acids is 1. The van der Waals surface area contributed by atoms with E-state index in [1.54, 1.807) is 36.7 Å². The standard InChI is InChI=1S/C17H18N2O3S/c1-12-10-14(6-9-16(12)19(21)22)17(20)18(2)11-13-4-7-15(23-3)8-5-13/h4-10H,11H2,1-3H3. The van der Waals surface area contributed by atoms with Gasteiger partial charge in [-0.2, -0.15) is 0 Å². The van der Waals surface area contributed by atoms with E-state index in [-0.39, 0.29) is 11.6 Å². The van der Waals surface area contributed by atoms with Gasteiger partial charge in [0.25, 0.3) is 11.6 Å². The molecule has 1 amide bonds. The fraction of sp³-hybridized carbons (Fsp3) is 0.235. The van der Waals surface area contributed by atoms with E-state index in [9.17, 15) is 14.9 Å². The van der Waals surface area contributed by atoms with Gasteiger partial charge >= 0.3 is 0 Å². The average Bonchev–Trinajstić information content (AvgIpc) is 2.54. The minimum atomic E-state index is -0.444. The van der Waals surface area contributed by atoms with Crippen LogP contribution in [0, 0.1) is 17.0 Å². The van der Waals surface area contributed by atoms with Crippen LogP contribution in [0.2, 0.25) is 0 Å². The molecule has 2 rings (SSSR count). The van der Waals surface area contributed by atoms with Crippen molar-refractivity contribution >= 4 is 23.4 Å². The number of nitrogens with zero attached hydrogens (tertiary/aromatic N) is 2. The van der Waals surface area contributed by atoms with Crippen molar-refractivity contribution in [1.82, 2.24) is 4.90 Å². The highest BCUT2D eigenvalue weighted by Crippen LogP contribution is 2.20. The Morgan fingerprint density at radius 2 is 1.87 bits per heavy atom. The van der Waals surface area contributed by atoms with E-state index in [0.717, 1.165) is 5.56 Å². The maximum atomic E-state index is 12.5. The third-order valence-corrected chi connectivity index (χ3v) is 4.31. The maximum absolute atomic E-state index is 12.5. The van der Waals surface area contributed by atoms with E-state index < -0.39 is 4.92 Å². The second-order valence-electron chi connectivity index (χ2n) is 5.27. The lowest BCUT2D eigenvalue weighted by atomic mass is 10.1. The van der Waals surface area contributed by atoms with Gasteiger partial charge in [0.1, 0.15) is 0 Å². The van der Waals surface area contributed by atoms with Crippen LogP contribution in [0.1, 0.15) is 21.5 Å². The second kappa shape index (κ2) is 7.28. The van der Waals surface area contributed by atoms with Crippen molar-refractivity contribution in [2.75, 3.05) is 13.3 Å². The lowest BCUT2D eigenvalue weighted by molar-refractivity contribution is -0.385. The molecule has 0 unspecified atom stereocenters. The van der Waals surface area contributed by atoms with Crippen molar-refractivity contribution in [2.24, 2.45) is 0 Å². The van der Waals surface area contributed by atoms with Gasteiger partial charge in [0, 0.05) is 35.7 Å². The van der Waals surface area contributed by atoms with Crippen LogP contribution in [-0.4, -0.2) is 29.0 Å². The van der Waals surface area contributed by atoms with Gasteiger partial charge in [0.05, 0.1) is 4.92 Å². The summed E-state index contributed by atoms with van der Waals surface area (Å²) in [6, 6.07) is 12.5. The summed E-state index contributed by atoms with van der Waals surface area (Å²) in [6.07, 6.45) is 2.02. The smallest absolute Gasteiger partial charge is 0.272 e. The average molecular weight is 330 g/mol. The topological polar surface area (TPSA) is 63.5 Å². The van der Waals surface area contributed by atoms with Crippen LogP contribution in [0.4, 0.5) is 5.69 Å². The van der Waals surface area contributed by atoms with Crippen LogP contribution in [0.5, 0.6) is 0 Å². The van der Waals surface area contributed by atoms with E-state index >= 15 is 0 Å². The van der Waals surface area contributed by atoms with E-state index in [0.29, 0.717) is 17.7 Å². The van der Waals surface area contributed by atoms with E-state index in [4.69, 9.17) is 0 Å². The molecule has 0 heterocycles. The molecule has 0 bridgehead atoms. The normalized spacial score (nSPS) is 10.4. The Hall–Kier alpha value is -2.34. The summed E-state index contributed by atoms with van der Waals surface area (Å²) in [7, 11) is 1.72. The fourth-order valence-corrected chi connectivity index (χ4v) is 2.70. The molecule has 0 aliphatic carbocycles. The molecule has 0 N–H and O–H groups in total. The zero-order valence-electron chi connectivity index (χ0n) is 13.3. The second-order valence-corrected chi connectivity index (χ2v) is 6.15. The summed E-state index contributed by atoms with van der Waals surface area (Å²) in [5.74, 6) is -0.156. The van der Waals surface area contributed by atoms with Gasteiger partial charge in [-0.25, -0.2) is 0 Å². The van der Waals surface area contributed by atoms with Crippen molar-refractivity contribution in [3.63, 3.8) is 0 Å². The summed E-state index contributed by atoms with van der Waals surface area (Å²) >= 11 is 1.67. The Balaban J connectivity index is 2.12. The molecule has 5 nitrogen and oxygen atoms in total. The van der Waals surface area contributed by atoms with Gasteiger partial charge in [0.2, 0.25) is 0 Å². The SMILES string of the molecule is CSc1ccc(CN(C)C(=O)c2ccc([N+](=O)[O-])c(C)c2)cc1. The van der Waals surface area contributed by atoms with Crippen LogP contribution < -0.4 is 0 Å². The molecule has 0 aliphatic heterocycles. The monoisotopic (exact) mass is 330 g/mol. The van der Waals surface area contributed by atoms with Gasteiger partial charge in [0.15, 0.2) is 0 Å². The Labute approximate surface area is 139 Å². The molecule has 0 saturated carbocycles. The first kappa shape index (κ1) is 17.0. The number of carbonyl (C=O) groups is 1. The molecule has 0 fully saturated rings. The first-order valence-corrected chi connectivity index (χ1v) is 8.28. The first-order chi connectivity index (χ1) is 10.9. The number of aryl methyl sites for hydroxylation is 1. The molecule has 0 atom stereocenters. The van der Waals surface area contributed by atoms with Crippen LogP contribution >= 0.6 is 11.8 Å². The van der Waals surface area contributed by atoms with Crippen molar-refractivity contribution in [3.05, 3.63) is 69.3 Å². The van der Waals surface area contributed by atoms with Crippen LogP contribution in [0.3, 0.4) is 0 Å². The van der Waals surface area contributed by atoms with Gasteiger partial charge < -0.3 is 4.90 Å². The third kappa shape index (κ3) is 4.10. The molecule has 0 spiro atoms. The molecule has 120 valence electrons. The lowest BCUT2D eigenvalue weighted by Crippen LogP contribution is -2.26. The summed E-state index contributed by atoms with van der Waals surface area (Å²) in [4.78, 5) is 25.6. The van der Waals surface area contributed by atoms with Gasteiger partial charge in [-0.15, -0.1) is 11.8 Å². The van der Waals surface area contributed by atoms with Crippen LogP contribution in [-0.2, 0) is 6.54 Å². The molecule has 2 aromatic rings. The molecule has 0 saturated heterocycles.